The standard InChI is InChI=1S/C13H16N2OS/c1-13(2,11-8-17-12(14)15-11)9-4-6-10(16-3)7-5-9/h4-8H,1-3H3,(H2,14,15). The van der Waals surface area contributed by atoms with E-state index in [1.807, 2.05) is 17.5 Å². The van der Waals surface area contributed by atoms with Crippen LogP contribution in [0, 0.1) is 0 Å². The Kier molecular flexibility index (Phi) is 3.07. The largest absolute Gasteiger partial charge is 0.497 e. The summed E-state index contributed by atoms with van der Waals surface area (Å²) in [5, 5.41) is 2.63. The molecule has 0 atom stereocenters. The Morgan fingerprint density at radius 3 is 2.35 bits per heavy atom. The number of rotatable bonds is 3. The van der Waals surface area contributed by atoms with E-state index in [4.69, 9.17) is 10.5 Å². The maximum absolute atomic E-state index is 5.69. The lowest BCUT2D eigenvalue weighted by Gasteiger charge is -2.23. The molecule has 0 aliphatic rings. The summed E-state index contributed by atoms with van der Waals surface area (Å²) in [5.74, 6) is 0.863. The first-order valence-corrected chi connectivity index (χ1v) is 6.28. The predicted molar refractivity (Wildman–Crippen MR) is 71.6 cm³/mol. The van der Waals surface area contributed by atoms with Crippen LogP contribution < -0.4 is 10.5 Å². The Hall–Kier alpha value is -1.55. The van der Waals surface area contributed by atoms with Gasteiger partial charge in [0.05, 0.1) is 12.8 Å². The highest BCUT2D eigenvalue weighted by Gasteiger charge is 2.25. The van der Waals surface area contributed by atoms with E-state index < -0.39 is 0 Å². The van der Waals surface area contributed by atoms with E-state index in [-0.39, 0.29) is 5.41 Å². The molecule has 0 aliphatic heterocycles. The number of anilines is 1. The lowest BCUT2D eigenvalue weighted by atomic mass is 9.82. The lowest BCUT2D eigenvalue weighted by molar-refractivity contribution is 0.414. The number of hydrogen-bond donors (Lipinski definition) is 1. The Labute approximate surface area is 105 Å². The van der Waals surface area contributed by atoms with Crippen LogP contribution in [0.2, 0.25) is 0 Å². The van der Waals surface area contributed by atoms with Gasteiger partial charge in [-0.05, 0) is 17.7 Å². The summed E-state index contributed by atoms with van der Waals surface area (Å²) in [6.07, 6.45) is 0. The van der Waals surface area contributed by atoms with Crippen molar-refractivity contribution in [2.24, 2.45) is 0 Å². The van der Waals surface area contributed by atoms with Crippen molar-refractivity contribution in [3.05, 3.63) is 40.9 Å². The second-order valence-corrected chi connectivity index (χ2v) is 5.31. The number of nitrogens with zero attached hydrogens (tertiary/aromatic N) is 1. The highest BCUT2D eigenvalue weighted by molar-refractivity contribution is 7.13. The van der Waals surface area contributed by atoms with Crippen molar-refractivity contribution in [1.82, 2.24) is 4.98 Å². The molecule has 1 heterocycles. The molecule has 0 bridgehead atoms. The molecule has 1 aromatic heterocycles. The number of aromatic nitrogens is 1. The fourth-order valence-corrected chi connectivity index (χ4v) is 2.46. The van der Waals surface area contributed by atoms with Crippen molar-refractivity contribution in [3.8, 4) is 5.75 Å². The SMILES string of the molecule is COc1ccc(C(C)(C)c2csc(N)n2)cc1. The third-order valence-electron chi connectivity index (χ3n) is 2.97. The Balaban J connectivity index is 2.36. The normalized spacial score (nSPS) is 11.5. The zero-order valence-electron chi connectivity index (χ0n) is 10.2. The van der Waals surface area contributed by atoms with Gasteiger partial charge in [0, 0.05) is 10.8 Å². The second kappa shape index (κ2) is 4.37. The van der Waals surface area contributed by atoms with Gasteiger partial charge in [0.2, 0.25) is 0 Å². The Morgan fingerprint density at radius 2 is 1.88 bits per heavy atom. The van der Waals surface area contributed by atoms with Crippen molar-refractivity contribution in [3.63, 3.8) is 0 Å². The third-order valence-corrected chi connectivity index (χ3v) is 3.65. The summed E-state index contributed by atoms with van der Waals surface area (Å²) in [5.41, 5.74) is 7.75. The van der Waals surface area contributed by atoms with Gasteiger partial charge in [0.25, 0.3) is 0 Å². The van der Waals surface area contributed by atoms with Crippen LogP contribution in [0.25, 0.3) is 0 Å². The van der Waals surface area contributed by atoms with Gasteiger partial charge in [0.1, 0.15) is 5.75 Å². The highest BCUT2D eigenvalue weighted by Crippen LogP contribution is 2.33. The molecule has 0 radical (unpaired) electrons. The van der Waals surface area contributed by atoms with E-state index in [2.05, 4.69) is 31.0 Å². The van der Waals surface area contributed by atoms with Gasteiger partial charge in [0.15, 0.2) is 5.13 Å². The molecule has 0 spiro atoms. The van der Waals surface area contributed by atoms with Gasteiger partial charge in [-0.15, -0.1) is 11.3 Å². The van der Waals surface area contributed by atoms with E-state index in [0.717, 1.165) is 11.4 Å². The molecule has 90 valence electrons. The molecule has 0 fully saturated rings. The van der Waals surface area contributed by atoms with Gasteiger partial charge in [-0.25, -0.2) is 4.98 Å². The van der Waals surface area contributed by atoms with Crippen LogP contribution in [0.15, 0.2) is 29.6 Å². The van der Waals surface area contributed by atoms with E-state index in [1.165, 1.54) is 16.9 Å². The molecule has 17 heavy (non-hydrogen) atoms. The first-order chi connectivity index (χ1) is 8.04. The predicted octanol–water partition coefficient (Wildman–Crippen LogP) is 3.06. The number of nitrogens with two attached hydrogens (primary N) is 1. The molecule has 0 unspecified atom stereocenters. The summed E-state index contributed by atoms with van der Waals surface area (Å²) in [4.78, 5) is 4.37. The molecular weight excluding hydrogens is 232 g/mol. The van der Waals surface area contributed by atoms with E-state index >= 15 is 0 Å². The minimum absolute atomic E-state index is 0.139. The van der Waals surface area contributed by atoms with Crippen molar-refractivity contribution < 1.29 is 4.74 Å². The number of methoxy groups -OCH3 is 1. The van der Waals surface area contributed by atoms with Crippen molar-refractivity contribution in [2.45, 2.75) is 19.3 Å². The maximum atomic E-state index is 5.69. The molecule has 4 heteroatoms. The summed E-state index contributed by atoms with van der Waals surface area (Å²) in [6, 6.07) is 8.06. The van der Waals surface area contributed by atoms with Gasteiger partial charge in [-0.1, -0.05) is 26.0 Å². The molecule has 3 nitrogen and oxygen atoms in total. The molecule has 0 saturated carbocycles. The minimum Gasteiger partial charge on any atom is -0.497 e. The average Bonchev–Trinajstić information content (AvgIpc) is 2.77. The number of benzene rings is 1. The first kappa shape index (κ1) is 11.9. The smallest absolute Gasteiger partial charge is 0.180 e. The molecule has 0 aliphatic carbocycles. The van der Waals surface area contributed by atoms with Crippen LogP contribution in [0.5, 0.6) is 5.75 Å². The number of hydrogen-bond acceptors (Lipinski definition) is 4. The molecule has 0 amide bonds. The van der Waals surface area contributed by atoms with Crippen LogP contribution in [0.3, 0.4) is 0 Å². The topological polar surface area (TPSA) is 48.1 Å². The van der Waals surface area contributed by atoms with E-state index in [0.29, 0.717) is 5.13 Å². The third kappa shape index (κ3) is 2.26. The number of nitrogen functional groups attached to an aromatic ring is 1. The Bertz CT molecular complexity index is 502. The fourth-order valence-electron chi connectivity index (χ4n) is 1.73. The van der Waals surface area contributed by atoms with Crippen LogP contribution in [-0.4, -0.2) is 12.1 Å². The van der Waals surface area contributed by atoms with E-state index in [9.17, 15) is 0 Å². The molecule has 1 aromatic carbocycles. The molecule has 2 N–H and O–H groups in total. The van der Waals surface area contributed by atoms with Crippen molar-refractivity contribution in [2.75, 3.05) is 12.8 Å². The monoisotopic (exact) mass is 248 g/mol. The van der Waals surface area contributed by atoms with Crippen LogP contribution in [0.1, 0.15) is 25.1 Å². The van der Waals surface area contributed by atoms with Crippen molar-refractivity contribution >= 4 is 16.5 Å². The van der Waals surface area contributed by atoms with E-state index in [1.54, 1.807) is 7.11 Å². The van der Waals surface area contributed by atoms with Crippen molar-refractivity contribution in [1.29, 1.82) is 0 Å². The maximum Gasteiger partial charge on any atom is 0.180 e. The van der Waals surface area contributed by atoms with Gasteiger partial charge < -0.3 is 10.5 Å². The summed E-state index contributed by atoms with van der Waals surface area (Å²) >= 11 is 1.48. The fraction of sp³-hybridized carbons (Fsp3) is 0.308. The number of thiazole rings is 1. The minimum atomic E-state index is -0.139. The quantitative estimate of drug-likeness (QED) is 0.908. The van der Waals surface area contributed by atoms with Gasteiger partial charge >= 0.3 is 0 Å². The molecule has 0 saturated heterocycles. The average molecular weight is 248 g/mol. The zero-order chi connectivity index (χ0) is 12.5. The molecule has 2 aromatic rings. The van der Waals surface area contributed by atoms with Gasteiger partial charge in [-0.3, -0.25) is 0 Å². The first-order valence-electron chi connectivity index (χ1n) is 5.40. The van der Waals surface area contributed by atoms with Crippen LogP contribution >= 0.6 is 11.3 Å². The molecular formula is C13H16N2OS. The molecule has 2 rings (SSSR count). The van der Waals surface area contributed by atoms with Crippen LogP contribution in [0.4, 0.5) is 5.13 Å². The van der Waals surface area contributed by atoms with Gasteiger partial charge in [-0.2, -0.15) is 0 Å². The van der Waals surface area contributed by atoms with Crippen LogP contribution in [-0.2, 0) is 5.41 Å². The summed E-state index contributed by atoms with van der Waals surface area (Å²) < 4.78 is 5.16. The zero-order valence-corrected chi connectivity index (χ0v) is 11.0. The summed E-state index contributed by atoms with van der Waals surface area (Å²) in [7, 11) is 1.67. The summed E-state index contributed by atoms with van der Waals surface area (Å²) in [6.45, 7) is 4.28. The highest BCUT2D eigenvalue weighted by atomic mass is 32.1. The Morgan fingerprint density at radius 1 is 1.24 bits per heavy atom. The number of ether oxygens (including phenoxy) is 1. The second-order valence-electron chi connectivity index (χ2n) is 4.42. The lowest BCUT2D eigenvalue weighted by Crippen LogP contribution is -2.19.